The van der Waals surface area contributed by atoms with Crippen LogP contribution < -0.4 is 20.1 Å². The van der Waals surface area contributed by atoms with Crippen LogP contribution in [-0.4, -0.2) is 26.6 Å². The number of ether oxygens (including phenoxy) is 3. The van der Waals surface area contributed by atoms with E-state index >= 15 is 0 Å². The molecule has 4 nitrogen and oxygen atoms in total. The fourth-order valence-corrected chi connectivity index (χ4v) is 4.86. The second-order valence-corrected chi connectivity index (χ2v) is 9.73. The molecule has 0 aliphatic rings. The number of methoxy groups -OCH3 is 2. The highest BCUT2D eigenvalue weighted by Crippen LogP contribution is 2.45. The largest absolute Gasteiger partial charge is 0.493 e. The van der Waals surface area contributed by atoms with Crippen LogP contribution in [0.2, 0.25) is 0 Å². The summed E-state index contributed by atoms with van der Waals surface area (Å²) in [4.78, 5) is 0. The molecule has 0 saturated heterocycles. The molecule has 29 heavy (non-hydrogen) atoms. The molecule has 0 radical (unpaired) electrons. The van der Waals surface area contributed by atoms with Crippen LogP contribution >= 0.6 is 8.58 Å². The molecule has 2 rings (SSSR count). The van der Waals surface area contributed by atoms with Gasteiger partial charge < -0.3 is 19.5 Å². The second-order valence-electron chi connectivity index (χ2n) is 8.25. The Labute approximate surface area is 178 Å². The monoisotopic (exact) mass is 417 g/mol. The molecule has 0 aromatic heterocycles. The lowest BCUT2D eigenvalue weighted by Crippen LogP contribution is -2.36. The molecule has 160 valence electrons. The van der Waals surface area contributed by atoms with Crippen LogP contribution in [0.15, 0.2) is 36.4 Å². The van der Waals surface area contributed by atoms with Gasteiger partial charge in [-0.1, -0.05) is 45.8 Å². The first-order valence-electron chi connectivity index (χ1n) is 10.2. The Morgan fingerprint density at radius 1 is 1.07 bits per heavy atom. The molecule has 2 aromatic carbocycles. The standard InChI is InChI=1S/C24H36NO3P/c1-8-21(19-13-10-14-20(27-7)22(19)28-16-26-6)29-23-17(2)11-9-12-18(23)15-25-24(3,4)5/h9-14,21,25,29H,8,15-16H2,1-7H3. The molecule has 0 aliphatic carbocycles. The Kier molecular flexibility index (Phi) is 8.95. The maximum atomic E-state index is 5.93. The molecular formula is C24H36NO3P. The first-order valence-corrected chi connectivity index (χ1v) is 11.3. The molecule has 2 unspecified atom stereocenters. The van der Waals surface area contributed by atoms with E-state index in [9.17, 15) is 0 Å². The summed E-state index contributed by atoms with van der Waals surface area (Å²) in [5.74, 6) is 1.54. The summed E-state index contributed by atoms with van der Waals surface area (Å²) in [6.45, 7) is 12.1. The van der Waals surface area contributed by atoms with Gasteiger partial charge in [0.25, 0.3) is 0 Å². The average Bonchev–Trinajstić information content (AvgIpc) is 2.69. The predicted molar refractivity (Wildman–Crippen MR) is 124 cm³/mol. The van der Waals surface area contributed by atoms with Gasteiger partial charge in [-0.3, -0.25) is 0 Å². The van der Waals surface area contributed by atoms with Crippen molar-refractivity contribution in [1.29, 1.82) is 0 Å². The Balaban J connectivity index is 2.38. The zero-order valence-electron chi connectivity index (χ0n) is 18.9. The minimum Gasteiger partial charge on any atom is -0.493 e. The van der Waals surface area contributed by atoms with E-state index in [1.54, 1.807) is 14.2 Å². The Morgan fingerprint density at radius 2 is 1.79 bits per heavy atom. The van der Waals surface area contributed by atoms with E-state index < -0.39 is 0 Å². The quantitative estimate of drug-likeness (QED) is 0.419. The summed E-state index contributed by atoms with van der Waals surface area (Å²) in [6.07, 6.45) is 1.02. The SMILES string of the molecule is CCC(Pc1c(C)cccc1CNC(C)(C)C)c1cccc(OC)c1OCOC. The number of benzene rings is 2. The highest BCUT2D eigenvalue weighted by Gasteiger charge is 2.21. The van der Waals surface area contributed by atoms with Gasteiger partial charge in [-0.05, 0) is 56.6 Å². The Bertz CT molecular complexity index is 786. The van der Waals surface area contributed by atoms with Crippen molar-refractivity contribution in [2.75, 3.05) is 21.0 Å². The first-order chi connectivity index (χ1) is 13.8. The normalized spacial score (nSPS) is 13.1. The lowest BCUT2D eigenvalue weighted by atomic mass is 10.1. The zero-order valence-corrected chi connectivity index (χ0v) is 19.9. The van der Waals surface area contributed by atoms with E-state index in [1.165, 1.54) is 22.0 Å². The van der Waals surface area contributed by atoms with Crippen LogP contribution in [0.4, 0.5) is 0 Å². The number of rotatable bonds is 10. The van der Waals surface area contributed by atoms with Gasteiger partial charge in [0.15, 0.2) is 18.3 Å². The van der Waals surface area contributed by atoms with Crippen LogP contribution in [0, 0.1) is 6.92 Å². The molecule has 5 heteroatoms. The highest BCUT2D eigenvalue weighted by atomic mass is 31.1. The van der Waals surface area contributed by atoms with E-state index in [1.807, 2.05) is 12.1 Å². The minimum atomic E-state index is 0.0856. The summed E-state index contributed by atoms with van der Waals surface area (Å²) in [6, 6.07) is 12.7. The molecule has 0 spiro atoms. The van der Waals surface area contributed by atoms with Gasteiger partial charge in [0.05, 0.1) is 7.11 Å². The predicted octanol–water partition coefficient (Wildman–Crippen LogP) is 5.33. The lowest BCUT2D eigenvalue weighted by molar-refractivity contribution is 0.0484. The Morgan fingerprint density at radius 3 is 2.41 bits per heavy atom. The minimum absolute atomic E-state index is 0.0856. The van der Waals surface area contributed by atoms with Crippen LogP contribution in [0.5, 0.6) is 11.5 Å². The average molecular weight is 418 g/mol. The topological polar surface area (TPSA) is 39.7 Å². The van der Waals surface area contributed by atoms with Crippen molar-refractivity contribution in [1.82, 2.24) is 5.32 Å². The molecule has 0 aliphatic heterocycles. The zero-order chi connectivity index (χ0) is 21.4. The fraction of sp³-hybridized carbons (Fsp3) is 0.500. The summed E-state index contributed by atoms with van der Waals surface area (Å²) >= 11 is 0. The molecule has 1 N–H and O–H groups in total. The summed E-state index contributed by atoms with van der Waals surface area (Å²) in [5.41, 5.74) is 4.34. The van der Waals surface area contributed by atoms with E-state index in [0.29, 0.717) is 14.2 Å². The fourth-order valence-electron chi connectivity index (χ4n) is 3.26. The van der Waals surface area contributed by atoms with Crippen LogP contribution in [0.1, 0.15) is 56.5 Å². The molecule has 0 heterocycles. The van der Waals surface area contributed by atoms with E-state index in [4.69, 9.17) is 14.2 Å². The van der Waals surface area contributed by atoms with Gasteiger partial charge in [0.2, 0.25) is 0 Å². The van der Waals surface area contributed by atoms with Crippen molar-refractivity contribution < 1.29 is 14.2 Å². The van der Waals surface area contributed by atoms with E-state index in [2.05, 4.69) is 64.2 Å². The van der Waals surface area contributed by atoms with Gasteiger partial charge in [-0.25, -0.2) is 0 Å². The Hall–Kier alpha value is -1.61. The molecule has 0 fully saturated rings. The molecule has 0 amide bonds. The lowest BCUT2D eigenvalue weighted by Gasteiger charge is -2.25. The number of nitrogens with one attached hydrogen (secondary N) is 1. The van der Waals surface area contributed by atoms with Crippen molar-refractivity contribution in [3.05, 3.63) is 53.1 Å². The van der Waals surface area contributed by atoms with Gasteiger partial charge in [0.1, 0.15) is 0 Å². The first kappa shape index (κ1) is 23.7. The molecule has 2 atom stereocenters. The molecule has 2 aromatic rings. The van der Waals surface area contributed by atoms with Crippen molar-refractivity contribution in [2.24, 2.45) is 0 Å². The van der Waals surface area contributed by atoms with Crippen molar-refractivity contribution in [3.8, 4) is 11.5 Å². The van der Waals surface area contributed by atoms with Crippen LogP contribution in [0.25, 0.3) is 0 Å². The van der Waals surface area contributed by atoms with E-state index in [-0.39, 0.29) is 12.3 Å². The van der Waals surface area contributed by atoms with Crippen LogP contribution in [-0.2, 0) is 11.3 Å². The highest BCUT2D eigenvalue weighted by molar-refractivity contribution is 7.47. The summed E-state index contributed by atoms with van der Waals surface area (Å²) in [7, 11) is 3.96. The van der Waals surface area contributed by atoms with E-state index in [0.717, 1.165) is 24.5 Å². The number of para-hydroxylation sites is 1. The third kappa shape index (κ3) is 6.70. The summed E-state index contributed by atoms with van der Waals surface area (Å²) in [5, 5.41) is 5.08. The number of hydrogen-bond donors (Lipinski definition) is 1. The third-order valence-electron chi connectivity index (χ3n) is 4.82. The van der Waals surface area contributed by atoms with Gasteiger partial charge >= 0.3 is 0 Å². The van der Waals surface area contributed by atoms with Crippen LogP contribution in [0.3, 0.4) is 0 Å². The van der Waals surface area contributed by atoms with Gasteiger partial charge in [0, 0.05) is 30.4 Å². The number of hydrogen-bond acceptors (Lipinski definition) is 4. The van der Waals surface area contributed by atoms with Crippen molar-refractivity contribution in [2.45, 2.75) is 58.8 Å². The molecule has 0 saturated carbocycles. The maximum absolute atomic E-state index is 5.93. The third-order valence-corrected chi connectivity index (χ3v) is 6.89. The molecular weight excluding hydrogens is 381 g/mol. The van der Waals surface area contributed by atoms with Gasteiger partial charge in [-0.2, -0.15) is 0 Å². The summed E-state index contributed by atoms with van der Waals surface area (Å²) < 4.78 is 16.6. The van der Waals surface area contributed by atoms with Gasteiger partial charge in [-0.15, -0.1) is 0 Å². The van der Waals surface area contributed by atoms with Crippen molar-refractivity contribution >= 4 is 13.9 Å². The second kappa shape index (κ2) is 11.0. The molecule has 0 bridgehead atoms. The maximum Gasteiger partial charge on any atom is 0.188 e. The smallest absolute Gasteiger partial charge is 0.188 e. The number of aryl methyl sites for hydroxylation is 1. The van der Waals surface area contributed by atoms with Crippen molar-refractivity contribution in [3.63, 3.8) is 0 Å².